The van der Waals surface area contributed by atoms with E-state index in [1.165, 1.54) is 15.9 Å². The lowest BCUT2D eigenvalue weighted by atomic mass is 9.88. The molecule has 0 aromatic carbocycles. The molecule has 0 aromatic rings. The zero-order chi connectivity index (χ0) is 12.3. The van der Waals surface area contributed by atoms with E-state index in [0.717, 1.165) is 38.5 Å². The molecular formula is C13H24N2O2+2. The highest BCUT2D eigenvalue weighted by molar-refractivity contribution is 4.71. The quantitative estimate of drug-likeness (QED) is 0.709. The van der Waals surface area contributed by atoms with E-state index < -0.39 is 0 Å². The van der Waals surface area contributed by atoms with Gasteiger partial charge in [0.2, 0.25) is 12.1 Å². The maximum atomic E-state index is 11.7. The smallest absolute Gasteiger partial charge is 0.0560 e. The Morgan fingerprint density at radius 2 is 1.82 bits per heavy atom. The molecule has 3 unspecified atom stereocenters. The van der Waals surface area contributed by atoms with Gasteiger partial charge in [-0.25, -0.2) is 0 Å². The molecule has 0 aliphatic carbocycles. The SMILES string of the molecule is CC(CCC1CCC[N+]1=O)C1CCCC[N+]1=O. The number of nitroso groups, excluding NO2 is 2. The molecule has 3 atom stereocenters. The fourth-order valence-electron chi connectivity index (χ4n) is 3.24. The van der Waals surface area contributed by atoms with Crippen molar-refractivity contribution in [3.8, 4) is 0 Å². The molecule has 0 amide bonds. The van der Waals surface area contributed by atoms with Crippen LogP contribution in [0.5, 0.6) is 0 Å². The second-order valence-corrected chi connectivity index (χ2v) is 5.70. The topological polar surface area (TPSA) is 40.2 Å². The molecular weight excluding hydrogens is 216 g/mol. The van der Waals surface area contributed by atoms with Crippen LogP contribution in [0.15, 0.2) is 0 Å². The highest BCUT2D eigenvalue weighted by Crippen LogP contribution is 2.25. The summed E-state index contributed by atoms with van der Waals surface area (Å²) in [5.41, 5.74) is 0. The van der Waals surface area contributed by atoms with Crippen LogP contribution in [0, 0.1) is 15.7 Å². The first-order valence-electron chi connectivity index (χ1n) is 7.06. The Balaban J connectivity index is 1.78. The molecule has 0 aromatic heterocycles. The van der Waals surface area contributed by atoms with Crippen LogP contribution in [-0.2, 0) is 0 Å². The number of nitrogens with zero attached hydrogens (tertiary/aromatic N) is 2. The molecule has 2 saturated heterocycles. The summed E-state index contributed by atoms with van der Waals surface area (Å²) in [6, 6.07) is 0.423. The number of hydrogen-bond donors (Lipinski definition) is 0. The van der Waals surface area contributed by atoms with Crippen LogP contribution < -0.4 is 0 Å². The lowest BCUT2D eigenvalue weighted by Gasteiger charge is -2.20. The van der Waals surface area contributed by atoms with Crippen molar-refractivity contribution < 1.29 is 9.52 Å². The van der Waals surface area contributed by atoms with E-state index in [0.29, 0.717) is 19.0 Å². The minimum Gasteiger partial charge on any atom is -0.0560 e. The fourth-order valence-corrected chi connectivity index (χ4v) is 3.24. The summed E-state index contributed by atoms with van der Waals surface area (Å²) < 4.78 is 2.51. The van der Waals surface area contributed by atoms with Gasteiger partial charge in [-0.3, -0.25) is 0 Å². The normalized spacial score (nSPS) is 31.8. The first-order chi connectivity index (χ1) is 8.18. The van der Waals surface area contributed by atoms with Gasteiger partial charge in [0.25, 0.3) is 0 Å². The predicted octanol–water partition coefficient (Wildman–Crippen LogP) is 2.68. The van der Waals surface area contributed by atoms with Crippen molar-refractivity contribution in [2.24, 2.45) is 5.92 Å². The van der Waals surface area contributed by atoms with Crippen LogP contribution >= 0.6 is 0 Å². The van der Waals surface area contributed by atoms with Gasteiger partial charge >= 0.3 is 0 Å². The van der Waals surface area contributed by atoms with Gasteiger partial charge in [-0.05, 0) is 12.8 Å². The Labute approximate surface area is 103 Å². The molecule has 2 aliphatic heterocycles. The van der Waals surface area contributed by atoms with Crippen molar-refractivity contribution in [3.63, 3.8) is 0 Å². The molecule has 0 bridgehead atoms. The van der Waals surface area contributed by atoms with E-state index in [4.69, 9.17) is 0 Å². The Morgan fingerprint density at radius 3 is 2.47 bits per heavy atom. The molecule has 0 N–H and O–H groups in total. The Kier molecular flexibility index (Phi) is 4.24. The zero-order valence-corrected chi connectivity index (χ0v) is 10.8. The second kappa shape index (κ2) is 5.69. The number of hydrogen-bond acceptors (Lipinski definition) is 2. The summed E-state index contributed by atoms with van der Waals surface area (Å²) in [4.78, 5) is 23.2. The van der Waals surface area contributed by atoms with E-state index in [1.54, 1.807) is 0 Å². The van der Waals surface area contributed by atoms with Crippen LogP contribution in [0.1, 0.15) is 51.9 Å². The highest BCUT2D eigenvalue weighted by atomic mass is 16.3. The lowest BCUT2D eigenvalue weighted by Crippen LogP contribution is -2.35. The average Bonchev–Trinajstić information content (AvgIpc) is 2.72. The van der Waals surface area contributed by atoms with Crippen LogP contribution in [-0.4, -0.2) is 34.7 Å². The first-order valence-corrected chi connectivity index (χ1v) is 7.06. The molecule has 17 heavy (non-hydrogen) atoms. The molecule has 4 nitrogen and oxygen atoms in total. The predicted molar refractivity (Wildman–Crippen MR) is 66.0 cm³/mol. The van der Waals surface area contributed by atoms with Crippen molar-refractivity contribution in [3.05, 3.63) is 9.81 Å². The van der Waals surface area contributed by atoms with E-state index in [1.807, 2.05) is 0 Å². The van der Waals surface area contributed by atoms with Gasteiger partial charge in [-0.1, -0.05) is 6.92 Å². The maximum Gasteiger partial charge on any atom is 0.203 e. The van der Waals surface area contributed by atoms with E-state index in [-0.39, 0.29) is 12.1 Å². The summed E-state index contributed by atoms with van der Waals surface area (Å²) in [5.74, 6) is 0.432. The first kappa shape index (κ1) is 12.7. The van der Waals surface area contributed by atoms with Crippen LogP contribution in [0.3, 0.4) is 0 Å². The molecule has 96 valence electrons. The van der Waals surface area contributed by atoms with Gasteiger partial charge in [-0.15, -0.1) is 0 Å². The van der Waals surface area contributed by atoms with Crippen molar-refractivity contribution in [2.45, 2.75) is 64.0 Å². The van der Waals surface area contributed by atoms with Crippen LogP contribution in [0.2, 0.25) is 0 Å². The fraction of sp³-hybridized carbons (Fsp3) is 1.00. The Hall–Kier alpha value is -0.800. The second-order valence-electron chi connectivity index (χ2n) is 5.70. The molecule has 0 saturated carbocycles. The third-order valence-corrected chi connectivity index (χ3v) is 4.43. The minimum atomic E-state index is 0.199. The van der Waals surface area contributed by atoms with Gasteiger partial charge in [0.1, 0.15) is 0 Å². The lowest BCUT2D eigenvalue weighted by molar-refractivity contribution is -0.604. The standard InChI is InChI=1S/C13H24N2O2/c1-11(13-6-2-3-9-15(13)17)7-8-12-5-4-10-14(12)16/h11-13H,2-10H2,1H3/q+2. The van der Waals surface area contributed by atoms with Crippen molar-refractivity contribution in [1.82, 2.24) is 0 Å². The Bertz CT molecular complexity index is 304. The summed E-state index contributed by atoms with van der Waals surface area (Å²) >= 11 is 0. The largest absolute Gasteiger partial charge is 0.203 e. The summed E-state index contributed by atoms with van der Waals surface area (Å²) in [5, 5.41) is 0. The average molecular weight is 240 g/mol. The van der Waals surface area contributed by atoms with Gasteiger partial charge in [0.15, 0.2) is 13.1 Å². The van der Waals surface area contributed by atoms with E-state index in [9.17, 15) is 9.81 Å². The van der Waals surface area contributed by atoms with Crippen molar-refractivity contribution in [1.29, 1.82) is 0 Å². The van der Waals surface area contributed by atoms with Gasteiger partial charge in [0, 0.05) is 57.4 Å². The molecule has 0 radical (unpaired) electrons. The number of piperidine rings is 1. The van der Waals surface area contributed by atoms with Crippen LogP contribution in [0.4, 0.5) is 0 Å². The van der Waals surface area contributed by atoms with Crippen molar-refractivity contribution in [2.75, 3.05) is 13.1 Å². The van der Waals surface area contributed by atoms with Gasteiger partial charge in [0.05, 0.1) is 0 Å². The monoisotopic (exact) mass is 240 g/mol. The van der Waals surface area contributed by atoms with Gasteiger partial charge < -0.3 is 0 Å². The maximum absolute atomic E-state index is 11.7. The molecule has 2 fully saturated rings. The highest BCUT2D eigenvalue weighted by Gasteiger charge is 2.36. The third-order valence-electron chi connectivity index (χ3n) is 4.43. The summed E-state index contributed by atoms with van der Waals surface area (Å²) in [7, 11) is 0. The molecule has 2 aliphatic rings. The molecule has 4 heteroatoms. The molecule has 0 spiro atoms. The summed E-state index contributed by atoms with van der Waals surface area (Å²) in [6.07, 6.45) is 7.34. The van der Waals surface area contributed by atoms with Crippen LogP contribution in [0.25, 0.3) is 0 Å². The molecule has 2 rings (SSSR count). The zero-order valence-electron chi connectivity index (χ0n) is 10.8. The van der Waals surface area contributed by atoms with E-state index in [2.05, 4.69) is 6.92 Å². The minimum absolute atomic E-state index is 0.199. The summed E-state index contributed by atoms with van der Waals surface area (Å²) in [6.45, 7) is 3.58. The van der Waals surface area contributed by atoms with Gasteiger partial charge in [-0.2, -0.15) is 0 Å². The molecule has 2 heterocycles. The van der Waals surface area contributed by atoms with Crippen molar-refractivity contribution >= 4 is 0 Å². The Morgan fingerprint density at radius 1 is 1.06 bits per heavy atom. The number of rotatable bonds is 4. The third kappa shape index (κ3) is 3.11. The van der Waals surface area contributed by atoms with E-state index >= 15 is 0 Å².